The number of thiocarbonyl (C=S) groups is 1. The Morgan fingerprint density at radius 1 is 1.21 bits per heavy atom. The average molecular weight is 489 g/mol. The second kappa shape index (κ2) is 7.74. The highest BCUT2D eigenvalue weighted by molar-refractivity contribution is 9.10. The first-order valence-electron chi connectivity index (χ1n) is 8.54. The normalized spacial score (nSPS) is 19.3. The maximum atomic E-state index is 13.2. The molecule has 1 unspecified atom stereocenters. The summed E-state index contributed by atoms with van der Waals surface area (Å²) in [5, 5.41) is 12.5. The van der Waals surface area contributed by atoms with Gasteiger partial charge in [-0.25, -0.2) is 4.79 Å². The number of carbonyl (C=O) groups excluding carboxylic acids is 2. The molecule has 2 aliphatic rings. The van der Waals surface area contributed by atoms with Gasteiger partial charge in [-0.15, -0.1) is 0 Å². The minimum atomic E-state index is -1.16. The average Bonchev–Trinajstić information content (AvgIpc) is 3.15. The Bertz CT molecular complexity index is 1100. The predicted octanol–water partition coefficient (Wildman–Crippen LogP) is 3.67. The lowest BCUT2D eigenvalue weighted by Gasteiger charge is -2.23. The Kier molecular flexibility index (Phi) is 5.28. The number of benzene rings is 2. The molecule has 2 aromatic rings. The maximum Gasteiger partial charge on any atom is 0.327 e. The lowest BCUT2D eigenvalue weighted by molar-refractivity contribution is -0.145. The standard InChI is InChI=1S/C20H13BrN2O4S2/c21-11-6-7-13-12(9-11)15(17(24)22-13)16-18(25)23(20(28)29-16)14(19(26)27)8-10-4-2-1-3-5-10/h1-7,9,14H,8H2,(H,22,24)(H,26,27)/b16-15-. The summed E-state index contributed by atoms with van der Waals surface area (Å²) in [5.41, 5.74) is 2.16. The van der Waals surface area contributed by atoms with Crippen LogP contribution in [-0.2, 0) is 20.8 Å². The summed E-state index contributed by atoms with van der Waals surface area (Å²) < 4.78 is 0.880. The number of anilines is 1. The highest BCUT2D eigenvalue weighted by Crippen LogP contribution is 2.43. The van der Waals surface area contributed by atoms with Gasteiger partial charge in [-0.1, -0.05) is 70.2 Å². The molecule has 6 nitrogen and oxygen atoms in total. The van der Waals surface area contributed by atoms with E-state index in [-0.39, 0.29) is 21.2 Å². The molecule has 1 fully saturated rings. The quantitative estimate of drug-likeness (QED) is 0.504. The van der Waals surface area contributed by atoms with E-state index in [0.29, 0.717) is 11.3 Å². The van der Waals surface area contributed by atoms with E-state index in [1.54, 1.807) is 42.5 Å². The number of carboxylic acid groups (broad SMARTS) is 1. The second-order valence-corrected chi connectivity index (χ2v) is 8.99. The molecule has 2 heterocycles. The van der Waals surface area contributed by atoms with Crippen molar-refractivity contribution in [3.05, 3.63) is 69.0 Å². The van der Waals surface area contributed by atoms with Crippen LogP contribution in [0.3, 0.4) is 0 Å². The summed E-state index contributed by atoms with van der Waals surface area (Å²) in [4.78, 5) is 38.9. The summed E-state index contributed by atoms with van der Waals surface area (Å²) >= 11 is 9.66. The molecule has 0 aromatic heterocycles. The van der Waals surface area contributed by atoms with Crippen LogP contribution >= 0.6 is 39.9 Å². The van der Waals surface area contributed by atoms with Crippen molar-refractivity contribution in [2.75, 3.05) is 5.32 Å². The zero-order chi connectivity index (χ0) is 20.7. The van der Waals surface area contributed by atoms with Crippen LogP contribution in [0.5, 0.6) is 0 Å². The molecular formula is C20H13BrN2O4S2. The van der Waals surface area contributed by atoms with Crippen molar-refractivity contribution in [3.63, 3.8) is 0 Å². The Morgan fingerprint density at radius 3 is 2.62 bits per heavy atom. The van der Waals surface area contributed by atoms with Crippen molar-refractivity contribution < 1.29 is 19.5 Å². The van der Waals surface area contributed by atoms with Crippen molar-refractivity contribution >= 4 is 73.3 Å². The van der Waals surface area contributed by atoms with E-state index in [1.807, 2.05) is 6.07 Å². The number of nitrogens with one attached hydrogen (secondary N) is 1. The third-order valence-corrected chi connectivity index (χ3v) is 6.52. The fourth-order valence-corrected chi connectivity index (χ4v) is 5.09. The van der Waals surface area contributed by atoms with E-state index in [1.165, 1.54) is 0 Å². The number of fused-ring (bicyclic) bond motifs is 1. The molecule has 1 atom stereocenters. The molecule has 0 bridgehead atoms. The highest BCUT2D eigenvalue weighted by atomic mass is 79.9. The van der Waals surface area contributed by atoms with E-state index >= 15 is 0 Å². The van der Waals surface area contributed by atoms with Gasteiger partial charge in [-0.05, 0) is 23.8 Å². The number of thioether (sulfide) groups is 1. The van der Waals surface area contributed by atoms with Crippen molar-refractivity contribution in [1.29, 1.82) is 0 Å². The van der Waals surface area contributed by atoms with Gasteiger partial charge in [0.1, 0.15) is 10.4 Å². The fraction of sp³-hybridized carbons (Fsp3) is 0.100. The van der Waals surface area contributed by atoms with E-state index in [2.05, 4.69) is 21.2 Å². The minimum Gasteiger partial charge on any atom is -0.480 e. The van der Waals surface area contributed by atoms with Crippen LogP contribution in [0.2, 0.25) is 0 Å². The molecule has 0 radical (unpaired) electrons. The molecule has 2 amide bonds. The monoisotopic (exact) mass is 488 g/mol. The third-order valence-electron chi connectivity index (χ3n) is 4.62. The Balaban J connectivity index is 1.74. The Labute approximate surface area is 184 Å². The molecule has 146 valence electrons. The Hall–Kier alpha value is -2.49. The van der Waals surface area contributed by atoms with Gasteiger partial charge in [0, 0.05) is 22.1 Å². The first-order valence-corrected chi connectivity index (χ1v) is 10.6. The topological polar surface area (TPSA) is 86.7 Å². The molecule has 2 aromatic carbocycles. The van der Waals surface area contributed by atoms with Crippen molar-refractivity contribution in [2.45, 2.75) is 12.5 Å². The number of carbonyl (C=O) groups is 3. The second-order valence-electron chi connectivity index (χ2n) is 6.44. The van der Waals surface area contributed by atoms with Gasteiger partial charge in [0.05, 0.1) is 10.5 Å². The van der Waals surface area contributed by atoms with E-state index < -0.39 is 23.8 Å². The van der Waals surface area contributed by atoms with Crippen molar-refractivity contribution in [3.8, 4) is 0 Å². The highest BCUT2D eigenvalue weighted by Gasteiger charge is 2.44. The van der Waals surface area contributed by atoms with Crippen LogP contribution < -0.4 is 5.32 Å². The van der Waals surface area contributed by atoms with Gasteiger partial charge in [-0.2, -0.15) is 0 Å². The van der Waals surface area contributed by atoms with E-state index in [9.17, 15) is 19.5 Å². The fourth-order valence-electron chi connectivity index (χ4n) is 3.29. The zero-order valence-corrected chi connectivity index (χ0v) is 17.9. The number of nitrogens with zero attached hydrogens (tertiary/aromatic N) is 1. The molecule has 0 aliphatic carbocycles. The lowest BCUT2D eigenvalue weighted by atomic mass is 10.0. The number of amides is 2. The van der Waals surface area contributed by atoms with E-state index in [0.717, 1.165) is 26.7 Å². The van der Waals surface area contributed by atoms with Gasteiger partial charge in [0.2, 0.25) is 0 Å². The summed E-state index contributed by atoms with van der Waals surface area (Å²) in [6.45, 7) is 0. The number of hydrogen-bond donors (Lipinski definition) is 2. The molecule has 2 N–H and O–H groups in total. The molecule has 29 heavy (non-hydrogen) atoms. The van der Waals surface area contributed by atoms with Crippen LogP contribution in [0.4, 0.5) is 5.69 Å². The minimum absolute atomic E-state index is 0.111. The third kappa shape index (κ3) is 3.61. The number of hydrogen-bond acceptors (Lipinski definition) is 5. The van der Waals surface area contributed by atoms with Crippen LogP contribution in [0, 0.1) is 0 Å². The maximum absolute atomic E-state index is 13.2. The van der Waals surface area contributed by atoms with Gasteiger partial charge >= 0.3 is 5.97 Å². The predicted molar refractivity (Wildman–Crippen MR) is 118 cm³/mol. The molecule has 0 spiro atoms. The molecule has 1 saturated heterocycles. The number of carboxylic acids is 1. The first kappa shape index (κ1) is 19.8. The SMILES string of the molecule is O=C1Nc2ccc(Br)cc2/C1=C1/SC(=S)N(C(Cc2ccccc2)C(=O)O)C1=O. The van der Waals surface area contributed by atoms with Crippen LogP contribution in [0.15, 0.2) is 57.9 Å². The molecule has 2 aliphatic heterocycles. The van der Waals surface area contributed by atoms with E-state index in [4.69, 9.17) is 12.2 Å². The van der Waals surface area contributed by atoms with Gasteiger partial charge < -0.3 is 10.4 Å². The summed E-state index contributed by atoms with van der Waals surface area (Å²) in [6, 6.07) is 13.1. The molecule has 4 rings (SSSR count). The van der Waals surface area contributed by atoms with Crippen LogP contribution in [0.1, 0.15) is 11.1 Å². The van der Waals surface area contributed by atoms with Crippen LogP contribution in [0.25, 0.3) is 5.57 Å². The van der Waals surface area contributed by atoms with Crippen molar-refractivity contribution in [1.82, 2.24) is 4.90 Å². The smallest absolute Gasteiger partial charge is 0.327 e. The van der Waals surface area contributed by atoms with Crippen LogP contribution in [-0.4, -0.2) is 38.2 Å². The lowest BCUT2D eigenvalue weighted by Crippen LogP contribution is -2.45. The largest absolute Gasteiger partial charge is 0.480 e. The first-order chi connectivity index (χ1) is 13.9. The van der Waals surface area contributed by atoms with Gasteiger partial charge in [0.15, 0.2) is 0 Å². The summed E-state index contributed by atoms with van der Waals surface area (Å²) in [5.74, 6) is -2.13. The number of aliphatic carboxylic acids is 1. The van der Waals surface area contributed by atoms with Gasteiger partial charge in [0.25, 0.3) is 11.8 Å². The summed E-state index contributed by atoms with van der Waals surface area (Å²) in [7, 11) is 0. The van der Waals surface area contributed by atoms with Crippen molar-refractivity contribution in [2.24, 2.45) is 0 Å². The zero-order valence-electron chi connectivity index (χ0n) is 14.7. The number of rotatable bonds is 4. The van der Waals surface area contributed by atoms with Gasteiger partial charge in [-0.3, -0.25) is 14.5 Å². The molecular weight excluding hydrogens is 476 g/mol. The summed E-state index contributed by atoms with van der Waals surface area (Å²) in [6.07, 6.45) is 0.111. The Morgan fingerprint density at radius 2 is 1.93 bits per heavy atom. The molecule has 9 heteroatoms. The molecule has 0 saturated carbocycles. The number of halogens is 1.